The Balaban J connectivity index is 0.000000109. The highest BCUT2D eigenvalue weighted by Gasteiger charge is 2.28. The highest BCUT2D eigenvalue weighted by atomic mass is 32.1. The molecule has 9 nitrogen and oxygen atoms in total. The van der Waals surface area contributed by atoms with Gasteiger partial charge in [0.2, 0.25) is 0 Å². The molecule has 136 heavy (non-hydrogen) atoms. The van der Waals surface area contributed by atoms with Crippen LogP contribution in [0.25, 0.3) is 234 Å². The summed E-state index contributed by atoms with van der Waals surface area (Å²) in [6.07, 6.45) is 15.2. The minimum atomic E-state index is 0.928. The quantitative estimate of drug-likeness (QED) is 0.102. The molecular formula is C124H81N9S3. The zero-order chi connectivity index (χ0) is 89.9. The van der Waals surface area contributed by atoms with Crippen molar-refractivity contribution in [2.45, 2.75) is 0 Å². The van der Waals surface area contributed by atoms with Crippen molar-refractivity contribution in [1.29, 1.82) is 0 Å². The average Bonchev–Trinajstić information content (AvgIpc) is 1.56. The van der Waals surface area contributed by atoms with Gasteiger partial charge in [0.05, 0.1) is 33.1 Å². The summed E-state index contributed by atoms with van der Waals surface area (Å²) in [6, 6.07) is 159. The van der Waals surface area contributed by atoms with Crippen LogP contribution in [-0.4, -0.2) is 42.8 Å². The number of thiophene rings is 3. The van der Waals surface area contributed by atoms with Crippen molar-refractivity contribution in [2.75, 3.05) is 0 Å². The first-order valence-corrected chi connectivity index (χ1v) is 48.1. The van der Waals surface area contributed by atoms with Gasteiger partial charge in [-0.1, -0.05) is 303 Å². The number of nitrogens with zero attached hydrogens (tertiary/aromatic N) is 9. The van der Waals surface area contributed by atoms with Gasteiger partial charge in [0, 0.05) is 183 Å². The normalized spacial score (nSPS) is 11.5. The molecule has 27 rings (SSSR count). The first-order chi connectivity index (χ1) is 67.5. The largest absolute Gasteiger partial charge is 0.309 e. The van der Waals surface area contributed by atoms with Gasteiger partial charge < -0.3 is 13.7 Å². The molecule has 0 aliphatic rings. The number of fused-ring (bicyclic) bond motifs is 15. The summed E-state index contributed by atoms with van der Waals surface area (Å²) in [5.41, 5.74) is 30.9. The van der Waals surface area contributed by atoms with Gasteiger partial charge in [0.1, 0.15) is 11.6 Å². The molecule has 0 aliphatic heterocycles. The lowest BCUT2D eigenvalue weighted by molar-refractivity contribution is 1.06. The van der Waals surface area contributed by atoms with E-state index < -0.39 is 0 Å². The highest BCUT2D eigenvalue weighted by molar-refractivity contribution is 7.25. The zero-order valence-corrected chi connectivity index (χ0v) is 76.0. The Labute approximate surface area is 796 Å². The molecular weight excluding hydrogens is 1710 g/mol. The molecule has 27 aromatic rings. The van der Waals surface area contributed by atoms with Crippen LogP contribution in [0.1, 0.15) is 0 Å². The van der Waals surface area contributed by atoms with Crippen molar-refractivity contribution < 1.29 is 0 Å². The summed E-state index contributed by atoms with van der Waals surface area (Å²) in [5.74, 6) is 1.86. The average molecular weight is 1790 g/mol. The van der Waals surface area contributed by atoms with Gasteiger partial charge in [-0.25, -0.2) is 9.97 Å². The van der Waals surface area contributed by atoms with Crippen LogP contribution in [0, 0.1) is 0 Å². The van der Waals surface area contributed by atoms with Crippen molar-refractivity contribution in [3.63, 3.8) is 0 Å². The summed E-state index contributed by atoms with van der Waals surface area (Å²) in [6.45, 7) is 0. The molecule has 0 aliphatic carbocycles. The second-order valence-corrected chi connectivity index (χ2v) is 37.0. The molecule has 10 aromatic heterocycles. The maximum absolute atomic E-state index is 4.71. The van der Waals surface area contributed by atoms with E-state index in [1.807, 2.05) is 95.7 Å². The van der Waals surface area contributed by atoms with Gasteiger partial charge >= 0.3 is 0 Å². The lowest BCUT2D eigenvalue weighted by Crippen LogP contribution is -1.98. The number of aromatic nitrogens is 9. The third kappa shape index (κ3) is 14.3. The Morgan fingerprint density at radius 3 is 0.809 bits per heavy atom. The van der Waals surface area contributed by atoms with E-state index in [-0.39, 0.29) is 0 Å². The lowest BCUT2D eigenvalue weighted by Gasteiger charge is -2.14. The summed E-state index contributed by atoms with van der Waals surface area (Å²) in [7, 11) is 0. The maximum Gasteiger partial charge on any atom is 0.144 e. The fraction of sp³-hybridized carbons (Fsp3) is 0. The Kier molecular flexibility index (Phi) is 20.7. The predicted octanol–water partition coefficient (Wildman–Crippen LogP) is 33.8. The van der Waals surface area contributed by atoms with E-state index in [2.05, 4.69) is 468 Å². The molecule has 0 saturated heterocycles. The van der Waals surface area contributed by atoms with Gasteiger partial charge in [-0.2, -0.15) is 0 Å². The van der Waals surface area contributed by atoms with Crippen LogP contribution in [0.5, 0.6) is 0 Å². The van der Waals surface area contributed by atoms with Crippen LogP contribution < -0.4 is 0 Å². The summed E-state index contributed by atoms with van der Waals surface area (Å²) in [4.78, 5) is 21.8. The van der Waals surface area contributed by atoms with Crippen molar-refractivity contribution in [1.82, 2.24) is 42.8 Å². The SMILES string of the molecule is c1ccc(-c2sc3c(ccc4c3c3ccccc3n4-c3cc(-c4ccncc4)cc(-c4ccncc4)c3)c2-c2ccccc2)cc1.c1ccc(-c2sc3c(ccc4c3c3ccccc3n4-c3ccc(-c4nccn4-c4ccccc4)cc3)c2-c2ccccc2)cc1.c1ccc(-c2sc3c(ccc4c3c3ccccc3n4-c3ccc(-n4ccnc4-c4ccccc4)cc3)c2-c2ccccc2)cc1. The summed E-state index contributed by atoms with van der Waals surface area (Å²) in [5, 5.41) is 11.6. The Morgan fingerprint density at radius 1 is 0.176 bits per heavy atom. The molecule has 0 fully saturated rings. The topological polar surface area (TPSA) is 76.2 Å². The number of rotatable bonds is 15. The first kappa shape index (κ1) is 80.8. The Morgan fingerprint density at radius 2 is 0.456 bits per heavy atom. The van der Waals surface area contributed by atoms with E-state index in [1.165, 1.54) is 160 Å². The fourth-order valence-electron chi connectivity index (χ4n) is 20.0. The third-order valence-electron chi connectivity index (χ3n) is 26.1. The van der Waals surface area contributed by atoms with Gasteiger partial charge in [-0.3, -0.25) is 19.1 Å². The van der Waals surface area contributed by atoms with Crippen LogP contribution in [0.4, 0.5) is 0 Å². The maximum atomic E-state index is 4.71. The van der Waals surface area contributed by atoms with Crippen LogP contribution in [0.3, 0.4) is 0 Å². The minimum Gasteiger partial charge on any atom is -0.309 e. The van der Waals surface area contributed by atoms with Gasteiger partial charge in [-0.05, 0) is 195 Å². The smallest absolute Gasteiger partial charge is 0.144 e. The monoisotopic (exact) mass is 1790 g/mol. The molecule has 0 unspecified atom stereocenters. The van der Waals surface area contributed by atoms with Crippen molar-refractivity contribution in [2.24, 2.45) is 0 Å². The van der Waals surface area contributed by atoms with Gasteiger partial charge in [0.15, 0.2) is 0 Å². The Hall–Kier alpha value is -17.3. The van der Waals surface area contributed by atoms with Crippen molar-refractivity contribution >= 4 is 130 Å². The van der Waals surface area contributed by atoms with Crippen LogP contribution in [0.15, 0.2) is 492 Å². The number of pyridine rings is 2. The van der Waals surface area contributed by atoms with Crippen molar-refractivity contribution in [3.05, 3.63) is 492 Å². The molecule has 640 valence electrons. The second-order valence-electron chi connectivity index (χ2n) is 33.9. The lowest BCUT2D eigenvalue weighted by atomic mass is 9.98. The standard InChI is InChI=1S/C42H27N3S.2C41H27N3S/c1-3-9-30(10-4-1)39-36-15-16-38-40(42(36)46-41(39)31-11-5-2-6-12-31)35-13-7-8-14-37(35)45(38)34-26-32(28-17-21-43-22-18-28)25-33(27-34)29-19-23-44-24-20-29;1-4-12-28(13-5-1)37-34-24-25-36-38(40(34)45-39(37)29-14-6-2-7-15-29)33-18-10-11-19-35(33)44(36)32-22-20-30(21-23-32)41-42-26-27-43(41)31-16-8-3-9-17-31;1-4-12-28(13-5-1)37-34-24-25-36-38(40(34)45-39(37)29-14-6-2-7-15-29)33-18-10-11-19-35(33)44(36)32-22-20-31(21-23-32)43-27-26-42-41(43)30-16-8-3-9-17-30/h1-27H;2*1-27H. The molecule has 0 atom stereocenters. The van der Waals surface area contributed by atoms with E-state index in [0.717, 1.165) is 73.5 Å². The second kappa shape index (κ2) is 34.8. The number of hydrogen-bond acceptors (Lipinski definition) is 7. The number of imidazole rings is 2. The molecule has 0 N–H and O–H groups in total. The summed E-state index contributed by atoms with van der Waals surface area (Å²) < 4.78 is 15.5. The first-order valence-electron chi connectivity index (χ1n) is 45.7. The van der Waals surface area contributed by atoms with E-state index >= 15 is 0 Å². The van der Waals surface area contributed by atoms with E-state index in [0.29, 0.717) is 0 Å². The molecule has 17 aromatic carbocycles. The van der Waals surface area contributed by atoms with E-state index in [9.17, 15) is 0 Å². The van der Waals surface area contributed by atoms with Crippen LogP contribution >= 0.6 is 34.0 Å². The highest BCUT2D eigenvalue weighted by Crippen LogP contribution is 2.54. The third-order valence-corrected chi connectivity index (χ3v) is 29.9. The van der Waals surface area contributed by atoms with Gasteiger partial charge in [-0.15, -0.1) is 34.0 Å². The molecule has 0 spiro atoms. The molecule has 10 heterocycles. The fourth-order valence-corrected chi connectivity index (χ4v) is 24.2. The molecule has 12 heteroatoms. The Bertz CT molecular complexity index is 8670. The molecule has 0 radical (unpaired) electrons. The summed E-state index contributed by atoms with van der Waals surface area (Å²) >= 11 is 5.70. The van der Waals surface area contributed by atoms with Crippen LogP contribution in [-0.2, 0) is 0 Å². The number of benzene rings is 17. The van der Waals surface area contributed by atoms with E-state index in [4.69, 9.17) is 4.98 Å². The molecule has 0 saturated carbocycles. The van der Waals surface area contributed by atoms with E-state index in [1.54, 1.807) is 0 Å². The predicted molar refractivity (Wildman–Crippen MR) is 573 cm³/mol. The minimum absolute atomic E-state index is 0.928. The van der Waals surface area contributed by atoms with Crippen LogP contribution in [0.2, 0.25) is 0 Å². The molecule has 0 bridgehead atoms. The zero-order valence-electron chi connectivity index (χ0n) is 73.5. The van der Waals surface area contributed by atoms with Gasteiger partial charge in [0.25, 0.3) is 0 Å². The number of para-hydroxylation sites is 4. The molecule has 0 amide bonds. The number of hydrogen-bond donors (Lipinski definition) is 0. The van der Waals surface area contributed by atoms with Crippen molar-refractivity contribution in [3.8, 4) is 138 Å².